The van der Waals surface area contributed by atoms with Gasteiger partial charge in [-0.3, -0.25) is 4.79 Å². The molecular weight excluding hydrogens is 352 g/mol. The Morgan fingerprint density at radius 2 is 1.92 bits per heavy atom. The van der Waals surface area contributed by atoms with E-state index in [1.165, 1.54) is 0 Å². The first kappa shape index (κ1) is 19.2. The van der Waals surface area contributed by atoms with Crippen molar-refractivity contribution in [1.29, 1.82) is 0 Å². The van der Waals surface area contributed by atoms with Gasteiger partial charge in [-0.1, -0.05) is 32.9 Å². The molecule has 26 heavy (non-hydrogen) atoms. The number of likely N-dealkylation sites (N-methyl/N-ethyl adjacent to an activating group) is 1. The number of benzene rings is 1. The summed E-state index contributed by atoms with van der Waals surface area (Å²) in [4.78, 5) is 14.6. The second-order valence-electron chi connectivity index (χ2n) is 7.43. The lowest BCUT2D eigenvalue weighted by atomic mass is 10.1. The number of hydrogen-bond donors (Lipinski definition) is 0. The van der Waals surface area contributed by atoms with Crippen molar-refractivity contribution in [2.75, 3.05) is 19.6 Å². The number of para-hydroxylation sites is 1. The van der Waals surface area contributed by atoms with Crippen LogP contribution in [0.5, 0.6) is 5.75 Å². The minimum atomic E-state index is -3.61. The van der Waals surface area contributed by atoms with Crippen molar-refractivity contribution in [1.82, 2.24) is 9.21 Å². The minimum Gasteiger partial charge on any atom is -0.487 e. The Hall–Kier alpha value is -1.60. The molecule has 0 radical (unpaired) electrons. The van der Waals surface area contributed by atoms with E-state index < -0.39 is 10.0 Å². The summed E-state index contributed by atoms with van der Waals surface area (Å²) in [5, 5.41) is 0. The van der Waals surface area contributed by atoms with E-state index in [2.05, 4.69) is 0 Å². The molecule has 2 aliphatic rings. The minimum absolute atomic E-state index is 0.141. The third-order valence-corrected chi connectivity index (χ3v) is 7.18. The number of carbonyl (C=O) groups excluding carboxylic acids is 1. The van der Waals surface area contributed by atoms with Crippen LogP contribution in [-0.4, -0.2) is 55.3 Å². The van der Waals surface area contributed by atoms with Gasteiger partial charge in [0.15, 0.2) is 0 Å². The number of carbonyl (C=O) groups is 1. The number of ether oxygens (including phenoxy) is 1. The van der Waals surface area contributed by atoms with E-state index in [0.717, 1.165) is 0 Å². The van der Waals surface area contributed by atoms with Gasteiger partial charge in [0.2, 0.25) is 15.9 Å². The summed E-state index contributed by atoms with van der Waals surface area (Å²) in [6.07, 6.45) is 1.50. The monoisotopic (exact) mass is 380 g/mol. The molecule has 0 unspecified atom stereocenters. The van der Waals surface area contributed by atoms with E-state index in [-0.39, 0.29) is 22.9 Å². The van der Waals surface area contributed by atoms with E-state index >= 15 is 0 Å². The van der Waals surface area contributed by atoms with Gasteiger partial charge < -0.3 is 9.64 Å². The van der Waals surface area contributed by atoms with Crippen molar-refractivity contribution in [2.24, 2.45) is 5.92 Å². The zero-order valence-corrected chi connectivity index (χ0v) is 16.5. The highest BCUT2D eigenvalue weighted by atomic mass is 32.2. The number of nitrogens with zero attached hydrogens (tertiary/aromatic N) is 2. The van der Waals surface area contributed by atoms with E-state index in [1.807, 2.05) is 25.7 Å². The summed E-state index contributed by atoms with van der Waals surface area (Å²) in [5.74, 6) is 0.870. The Morgan fingerprint density at radius 1 is 1.23 bits per heavy atom. The van der Waals surface area contributed by atoms with Crippen LogP contribution in [0.2, 0.25) is 0 Å². The molecule has 0 aliphatic carbocycles. The highest BCUT2D eigenvalue weighted by Crippen LogP contribution is 2.36. The normalized spacial score (nSPS) is 25.6. The average molecular weight is 381 g/mol. The van der Waals surface area contributed by atoms with Crippen LogP contribution in [0.1, 0.15) is 40.0 Å². The van der Waals surface area contributed by atoms with Crippen LogP contribution in [0.15, 0.2) is 29.2 Å². The molecule has 2 heterocycles. The lowest BCUT2D eigenvalue weighted by Gasteiger charge is -2.30. The van der Waals surface area contributed by atoms with Crippen LogP contribution < -0.4 is 4.74 Å². The van der Waals surface area contributed by atoms with Gasteiger partial charge in [-0.2, -0.15) is 4.31 Å². The van der Waals surface area contributed by atoms with Crippen molar-refractivity contribution < 1.29 is 17.9 Å². The van der Waals surface area contributed by atoms with Crippen LogP contribution in [0.3, 0.4) is 0 Å². The van der Waals surface area contributed by atoms with E-state index in [0.29, 0.717) is 50.6 Å². The van der Waals surface area contributed by atoms with Gasteiger partial charge in [-0.25, -0.2) is 8.42 Å². The first-order valence-electron chi connectivity index (χ1n) is 9.40. The molecule has 0 spiro atoms. The molecule has 1 aromatic carbocycles. The number of likely N-dealkylation sites (tertiary alicyclic amines) is 1. The molecule has 0 aromatic heterocycles. The maximum absolute atomic E-state index is 13.1. The standard InChI is InChI=1S/C19H28N2O4S/c1-4-21-15-9-11-20(19(22)13-14(2)3)12-10-16(15)25-17-7-5-6-8-18(17)26(21,23)24/h5-8,14-16H,4,9-13H2,1-3H3/t15-,16-/m0/s1. The SMILES string of the molecule is CCN1[C@H]2CCN(C(=O)CC(C)C)CC[C@@H]2Oc2ccccc2S1(=O)=O. The zero-order chi connectivity index (χ0) is 18.9. The first-order valence-corrected chi connectivity index (χ1v) is 10.8. The Labute approximate surface area is 156 Å². The van der Waals surface area contributed by atoms with Gasteiger partial charge in [-0.15, -0.1) is 0 Å². The van der Waals surface area contributed by atoms with Gasteiger partial charge in [0, 0.05) is 32.5 Å². The third-order valence-electron chi connectivity index (χ3n) is 5.14. The summed E-state index contributed by atoms with van der Waals surface area (Å²) >= 11 is 0. The fourth-order valence-electron chi connectivity index (χ4n) is 3.89. The van der Waals surface area contributed by atoms with Crippen molar-refractivity contribution in [3.8, 4) is 5.75 Å². The molecule has 6 nitrogen and oxygen atoms in total. The molecule has 7 heteroatoms. The molecule has 0 N–H and O–H groups in total. The number of hydrogen-bond acceptors (Lipinski definition) is 4. The quantitative estimate of drug-likeness (QED) is 0.808. The van der Waals surface area contributed by atoms with Gasteiger partial charge in [0.25, 0.3) is 0 Å². The topological polar surface area (TPSA) is 66.9 Å². The van der Waals surface area contributed by atoms with Gasteiger partial charge in [0.05, 0.1) is 6.04 Å². The van der Waals surface area contributed by atoms with Gasteiger partial charge >= 0.3 is 0 Å². The number of rotatable bonds is 3. The summed E-state index contributed by atoms with van der Waals surface area (Å²) < 4.78 is 34.0. The van der Waals surface area contributed by atoms with Crippen LogP contribution in [0.25, 0.3) is 0 Å². The molecule has 0 bridgehead atoms. The fraction of sp³-hybridized carbons (Fsp3) is 0.632. The van der Waals surface area contributed by atoms with E-state index in [4.69, 9.17) is 4.74 Å². The van der Waals surface area contributed by atoms with Crippen LogP contribution in [0.4, 0.5) is 0 Å². The third kappa shape index (κ3) is 3.60. The second-order valence-corrected chi connectivity index (χ2v) is 9.29. The largest absolute Gasteiger partial charge is 0.487 e. The van der Waals surface area contributed by atoms with Crippen LogP contribution in [-0.2, 0) is 14.8 Å². The molecule has 1 saturated heterocycles. The first-order chi connectivity index (χ1) is 12.3. The summed E-state index contributed by atoms with van der Waals surface area (Å²) in [6, 6.07) is 6.59. The molecule has 1 fully saturated rings. The van der Waals surface area contributed by atoms with Crippen molar-refractivity contribution in [2.45, 2.75) is 57.1 Å². The molecule has 1 amide bonds. The zero-order valence-electron chi connectivity index (χ0n) is 15.7. The highest BCUT2D eigenvalue weighted by Gasteiger charge is 2.42. The Bertz CT molecular complexity index is 763. The fourth-order valence-corrected chi connectivity index (χ4v) is 5.70. The molecule has 2 aliphatic heterocycles. The van der Waals surface area contributed by atoms with Crippen LogP contribution >= 0.6 is 0 Å². The average Bonchev–Trinajstić information content (AvgIpc) is 2.82. The number of sulfonamides is 1. The van der Waals surface area contributed by atoms with Gasteiger partial charge in [-0.05, 0) is 24.5 Å². The predicted octanol–water partition coefficient (Wildman–Crippen LogP) is 2.50. The molecule has 3 rings (SSSR count). The van der Waals surface area contributed by atoms with E-state index in [1.54, 1.807) is 28.6 Å². The lowest BCUT2D eigenvalue weighted by molar-refractivity contribution is -0.131. The maximum atomic E-state index is 13.1. The summed E-state index contributed by atoms with van der Waals surface area (Å²) in [5.41, 5.74) is 0. The predicted molar refractivity (Wildman–Crippen MR) is 99.5 cm³/mol. The summed E-state index contributed by atoms with van der Waals surface area (Å²) in [6.45, 7) is 7.48. The smallest absolute Gasteiger partial charge is 0.247 e. The van der Waals surface area contributed by atoms with Crippen molar-refractivity contribution >= 4 is 15.9 Å². The molecule has 1 aromatic rings. The molecule has 0 saturated carbocycles. The molecule has 2 atom stereocenters. The molecular formula is C19H28N2O4S. The van der Waals surface area contributed by atoms with E-state index in [9.17, 15) is 13.2 Å². The maximum Gasteiger partial charge on any atom is 0.247 e. The van der Waals surface area contributed by atoms with Crippen molar-refractivity contribution in [3.05, 3.63) is 24.3 Å². The summed E-state index contributed by atoms with van der Waals surface area (Å²) in [7, 11) is -3.61. The Morgan fingerprint density at radius 3 is 2.62 bits per heavy atom. The van der Waals surface area contributed by atoms with Crippen LogP contribution in [0, 0.1) is 5.92 Å². The molecule has 144 valence electrons. The Kier molecular flexibility index (Phi) is 5.58. The van der Waals surface area contributed by atoms with Crippen molar-refractivity contribution in [3.63, 3.8) is 0 Å². The lowest BCUT2D eigenvalue weighted by Crippen LogP contribution is -2.47. The highest BCUT2D eigenvalue weighted by molar-refractivity contribution is 7.89. The van der Waals surface area contributed by atoms with Gasteiger partial charge in [0.1, 0.15) is 16.7 Å². The second kappa shape index (κ2) is 7.56. The number of amides is 1. The Balaban J connectivity index is 1.90. The number of fused-ring (bicyclic) bond motifs is 2.